The molecule has 0 aromatic heterocycles. The Bertz CT molecular complexity index is 486. The summed E-state index contributed by atoms with van der Waals surface area (Å²) in [7, 11) is 0. The van der Waals surface area contributed by atoms with Crippen molar-refractivity contribution in [1.82, 2.24) is 0 Å². The lowest BCUT2D eigenvalue weighted by atomic mass is 9.83. The van der Waals surface area contributed by atoms with E-state index in [1.807, 2.05) is 6.92 Å². The van der Waals surface area contributed by atoms with Gasteiger partial charge in [-0.25, -0.2) is 0 Å². The molecule has 1 heterocycles. The second kappa shape index (κ2) is 6.45. The molecule has 6 heteroatoms. The molecule has 1 aromatic carbocycles. The van der Waals surface area contributed by atoms with E-state index < -0.39 is 4.92 Å². The molecule has 0 N–H and O–H groups in total. The lowest BCUT2D eigenvalue weighted by Crippen LogP contribution is -2.37. The quantitative estimate of drug-likeness (QED) is 0.515. The van der Waals surface area contributed by atoms with E-state index in [0.29, 0.717) is 12.4 Å². The molecule has 0 saturated carbocycles. The first-order chi connectivity index (χ1) is 9.56. The zero-order chi connectivity index (χ0) is 14.6. The molecular weight excluding hydrogens is 278 g/mol. The molecule has 0 radical (unpaired) electrons. The van der Waals surface area contributed by atoms with Crippen LogP contribution in [0.2, 0.25) is 0 Å². The van der Waals surface area contributed by atoms with Gasteiger partial charge in [0.1, 0.15) is 5.75 Å². The molecule has 1 fully saturated rings. The molecule has 1 aliphatic rings. The molecule has 1 aliphatic heterocycles. The van der Waals surface area contributed by atoms with Crippen molar-refractivity contribution in [3.05, 3.63) is 33.9 Å². The first-order valence-corrected chi connectivity index (χ1v) is 7.26. The summed E-state index contributed by atoms with van der Waals surface area (Å²) in [6.07, 6.45) is 1.87. The number of nitrogens with zero attached hydrogens (tertiary/aromatic N) is 1. The Kier molecular flexibility index (Phi) is 4.88. The normalized spacial score (nSPS) is 17.7. The Morgan fingerprint density at radius 3 is 2.70 bits per heavy atom. The summed E-state index contributed by atoms with van der Waals surface area (Å²) in [5, 5.41) is 10.7. The maximum atomic E-state index is 10.7. The van der Waals surface area contributed by atoms with Gasteiger partial charge in [-0.15, -0.1) is 0 Å². The molecule has 20 heavy (non-hydrogen) atoms. The van der Waals surface area contributed by atoms with Gasteiger partial charge >= 0.3 is 0 Å². The number of benzene rings is 1. The molecule has 0 bridgehead atoms. The number of nitro groups is 1. The third-order valence-corrected chi connectivity index (χ3v) is 4.46. The van der Waals surface area contributed by atoms with Gasteiger partial charge in [-0.2, -0.15) is 12.6 Å². The van der Waals surface area contributed by atoms with Crippen molar-refractivity contribution in [2.75, 3.05) is 25.6 Å². The molecule has 1 saturated heterocycles. The molecule has 0 unspecified atom stereocenters. The Labute approximate surface area is 123 Å². The highest BCUT2D eigenvalue weighted by Crippen LogP contribution is 2.33. The fourth-order valence-corrected chi connectivity index (χ4v) is 2.70. The summed E-state index contributed by atoms with van der Waals surface area (Å²) in [6, 6.07) is 4.67. The van der Waals surface area contributed by atoms with Crippen molar-refractivity contribution in [2.45, 2.75) is 19.8 Å². The predicted octanol–water partition coefficient (Wildman–Crippen LogP) is 3.01. The second-order valence-electron chi connectivity index (χ2n) is 5.27. The summed E-state index contributed by atoms with van der Waals surface area (Å²) >= 11 is 4.44. The van der Waals surface area contributed by atoms with E-state index in [9.17, 15) is 10.1 Å². The topological polar surface area (TPSA) is 61.6 Å². The highest BCUT2D eigenvalue weighted by atomic mass is 32.1. The fourth-order valence-electron chi connectivity index (χ4n) is 2.29. The Morgan fingerprint density at radius 2 is 2.15 bits per heavy atom. The highest BCUT2D eigenvalue weighted by molar-refractivity contribution is 7.80. The number of nitro benzene ring substituents is 1. The lowest BCUT2D eigenvalue weighted by Gasteiger charge is -2.35. The van der Waals surface area contributed by atoms with Gasteiger partial charge in [-0.1, -0.05) is 0 Å². The third kappa shape index (κ3) is 3.43. The molecule has 0 atom stereocenters. The van der Waals surface area contributed by atoms with Gasteiger partial charge in [0.15, 0.2) is 0 Å². The van der Waals surface area contributed by atoms with E-state index in [0.717, 1.165) is 37.4 Å². The number of hydrogen-bond acceptors (Lipinski definition) is 5. The molecule has 0 amide bonds. The van der Waals surface area contributed by atoms with Crippen molar-refractivity contribution < 1.29 is 14.4 Å². The summed E-state index contributed by atoms with van der Waals surface area (Å²) in [5.74, 6) is 1.45. The van der Waals surface area contributed by atoms with Crippen LogP contribution in [0.1, 0.15) is 18.4 Å². The zero-order valence-corrected chi connectivity index (χ0v) is 12.4. The van der Waals surface area contributed by atoms with E-state index in [-0.39, 0.29) is 11.1 Å². The van der Waals surface area contributed by atoms with Crippen LogP contribution in [0, 0.1) is 22.5 Å². The van der Waals surface area contributed by atoms with Crippen LogP contribution in [-0.4, -0.2) is 30.5 Å². The Morgan fingerprint density at radius 1 is 1.45 bits per heavy atom. The van der Waals surface area contributed by atoms with Gasteiger partial charge in [-0.05, 0) is 37.1 Å². The van der Waals surface area contributed by atoms with Gasteiger partial charge < -0.3 is 9.47 Å². The second-order valence-corrected chi connectivity index (χ2v) is 5.58. The zero-order valence-electron chi connectivity index (χ0n) is 11.5. The number of ether oxygens (including phenoxy) is 2. The number of rotatable bonds is 5. The van der Waals surface area contributed by atoms with E-state index in [4.69, 9.17) is 9.47 Å². The van der Waals surface area contributed by atoms with Gasteiger partial charge in [-0.3, -0.25) is 10.1 Å². The predicted molar refractivity (Wildman–Crippen MR) is 79.7 cm³/mol. The number of thiol groups is 1. The lowest BCUT2D eigenvalue weighted by molar-refractivity contribution is -0.384. The van der Waals surface area contributed by atoms with Crippen LogP contribution in [0.5, 0.6) is 5.75 Å². The van der Waals surface area contributed by atoms with E-state index in [1.165, 1.54) is 12.1 Å². The van der Waals surface area contributed by atoms with Crippen LogP contribution >= 0.6 is 12.6 Å². The van der Waals surface area contributed by atoms with Gasteiger partial charge in [0.2, 0.25) is 0 Å². The maximum Gasteiger partial charge on any atom is 0.269 e. The van der Waals surface area contributed by atoms with Crippen molar-refractivity contribution in [3.8, 4) is 5.75 Å². The highest BCUT2D eigenvalue weighted by Gasteiger charge is 2.32. The van der Waals surface area contributed by atoms with Crippen molar-refractivity contribution in [3.63, 3.8) is 0 Å². The maximum absolute atomic E-state index is 10.7. The SMILES string of the molecule is Cc1cc([N+](=O)[O-])ccc1OCC1(CS)CCOCC1. The molecule has 110 valence electrons. The average molecular weight is 297 g/mol. The smallest absolute Gasteiger partial charge is 0.269 e. The Balaban J connectivity index is 2.04. The fraction of sp³-hybridized carbons (Fsp3) is 0.571. The molecule has 2 rings (SSSR count). The minimum Gasteiger partial charge on any atom is -0.493 e. The first-order valence-electron chi connectivity index (χ1n) is 6.63. The molecule has 1 aromatic rings. The molecular formula is C14H19NO4S. The standard InChI is InChI=1S/C14H19NO4S/c1-11-8-12(15(16)17)2-3-13(11)19-9-14(10-20)4-6-18-7-5-14/h2-3,8,20H,4-7,9-10H2,1H3. The minimum absolute atomic E-state index is 0.0373. The van der Waals surface area contributed by atoms with Crippen molar-refractivity contribution in [1.29, 1.82) is 0 Å². The van der Waals surface area contributed by atoms with Crippen LogP contribution in [0.4, 0.5) is 5.69 Å². The van der Waals surface area contributed by atoms with Crippen LogP contribution in [0.15, 0.2) is 18.2 Å². The summed E-state index contributed by atoms with van der Waals surface area (Å²) in [5.41, 5.74) is 0.903. The van der Waals surface area contributed by atoms with E-state index in [2.05, 4.69) is 12.6 Å². The summed E-state index contributed by atoms with van der Waals surface area (Å²) in [6.45, 7) is 3.87. The largest absolute Gasteiger partial charge is 0.493 e. The van der Waals surface area contributed by atoms with Crippen LogP contribution in [0.3, 0.4) is 0 Å². The van der Waals surface area contributed by atoms with Gasteiger partial charge in [0, 0.05) is 30.8 Å². The number of aryl methyl sites for hydroxylation is 1. The summed E-state index contributed by atoms with van der Waals surface area (Å²) in [4.78, 5) is 10.3. The third-order valence-electron chi connectivity index (χ3n) is 3.79. The summed E-state index contributed by atoms with van der Waals surface area (Å²) < 4.78 is 11.3. The average Bonchev–Trinajstić information content (AvgIpc) is 2.47. The van der Waals surface area contributed by atoms with Gasteiger partial charge in [0.25, 0.3) is 5.69 Å². The van der Waals surface area contributed by atoms with Crippen LogP contribution in [0.25, 0.3) is 0 Å². The minimum atomic E-state index is -0.398. The van der Waals surface area contributed by atoms with Crippen LogP contribution in [-0.2, 0) is 4.74 Å². The van der Waals surface area contributed by atoms with E-state index >= 15 is 0 Å². The Hall–Kier alpha value is -1.27. The molecule has 0 spiro atoms. The number of non-ortho nitro benzene ring substituents is 1. The van der Waals surface area contributed by atoms with Crippen molar-refractivity contribution >= 4 is 18.3 Å². The number of hydrogen-bond donors (Lipinski definition) is 1. The molecule has 0 aliphatic carbocycles. The van der Waals surface area contributed by atoms with Crippen molar-refractivity contribution in [2.24, 2.45) is 5.41 Å². The van der Waals surface area contributed by atoms with E-state index in [1.54, 1.807) is 6.07 Å². The van der Waals surface area contributed by atoms with Gasteiger partial charge in [0.05, 0.1) is 11.5 Å². The molecule has 5 nitrogen and oxygen atoms in total. The first kappa shape index (κ1) is 15.1. The monoisotopic (exact) mass is 297 g/mol. The van der Waals surface area contributed by atoms with Crippen LogP contribution < -0.4 is 4.74 Å².